The van der Waals surface area contributed by atoms with Gasteiger partial charge in [0.15, 0.2) is 0 Å². The number of anilines is 1. The van der Waals surface area contributed by atoms with Crippen LogP contribution in [0.15, 0.2) is 30.5 Å². The summed E-state index contributed by atoms with van der Waals surface area (Å²) >= 11 is 1.51. The first-order valence-electron chi connectivity index (χ1n) is 11.3. The number of aromatic nitrogens is 1. The Morgan fingerprint density at radius 1 is 1.09 bits per heavy atom. The van der Waals surface area contributed by atoms with Crippen LogP contribution in [0.1, 0.15) is 23.2 Å². The van der Waals surface area contributed by atoms with Crippen LogP contribution in [-0.4, -0.2) is 84.9 Å². The molecule has 32 heavy (non-hydrogen) atoms. The number of thiophene rings is 1. The van der Waals surface area contributed by atoms with Gasteiger partial charge in [-0.15, -0.1) is 11.3 Å². The van der Waals surface area contributed by atoms with E-state index in [1.54, 1.807) is 17.2 Å². The maximum absolute atomic E-state index is 12.8. The molecule has 5 aliphatic heterocycles. The number of nitrogens with zero attached hydrogens (tertiary/aromatic N) is 4. The molecular weight excluding hydrogens is 428 g/mol. The van der Waals surface area contributed by atoms with Gasteiger partial charge in [0.1, 0.15) is 10.6 Å². The van der Waals surface area contributed by atoms with Gasteiger partial charge in [-0.1, -0.05) is 0 Å². The number of hydrogen-bond donors (Lipinski definition) is 0. The second-order valence-electron chi connectivity index (χ2n) is 9.04. The normalized spacial score (nSPS) is 29.6. The first-order chi connectivity index (χ1) is 15.6. The molecule has 1 atom stereocenters. The molecule has 0 aliphatic carbocycles. The molecule has 2 amide bonds. The van der Waals surface area contributed by atoms with Crippen molar-refractivity contribution >= 4 is 28.3 Å². The Balaban J connectivity index is 1.22. The highest BCUT2D eigenvalue weighted by molar-refractivity contribution is 7.19. The fraction of sp³-hybridized carbons (Fsp3) is 0.522. The van der Waals surface area contributed by atoms with Crippen LogP contribution in [0.5, 0.6) is 0 Å². The van der Waals surface area contributed by atoms with E-state index in [4.69, 9.17) is 9.47 Å². The molecule has 7 rings (SSSR count). The van der Waals surface area contributed by atoms with Crippen LogP contribution in [0, 0.1) is 5.92 Å². The first kappa shape index (κ1) is 20.1. The lowest BCUT2D eigenvalue weighted by atomic mass is 9.75. The molecule has 0 aromatic carbocycles. The Hall–Kier alpha value is -2.49. The quantitative estimate of drug-likeness (QED) is 0.710. The smallest absolute Gasteiger partial charge is 0.415 e. The largest absolute Gasteiger partial charge is 0.439 e. The number of amides is 2. The van der Waals surface area contributed by atoms with Gasteiger partial charge in [-0.2, -0.15) is 0 Å². The third-order valence-electron chi connectivity index (χ3n) is 7.18. The third-order valence-corrected chi connectivity index (χ3v) is 8.31. The molecule has 0 unspecified atom stereocenters. The van der Waals surface area contributed by atoms with Crippen LogP contribution in [0.4, 0.5) is 9.80 Å². The number of ether oxygens (including phenoxy) is 2. The van der Waals surface area contributed by atoms with Crippen molar-refractivity contribution in [2.45, 2.75) is 18.4 Å². The summed E-state index contributed by atoms with van der Waals surface area (Å²) in [6, 6.07) is 7.52. The molecule has 8 nitrogen and oxygen atoms in total. The number of piperidine rings is 3. The van der Waals surface area contributed by atoms with E-state index < -0.39 is 0 Å². The van der Waals surface area contributed by atoms with Gasteiger partial charge < -0.3 is 14.4 Å². The van der Waals surface area contributed by atoms with E-state index in [2.05, 4.69) is 9.88 Å². The average Bonchev–Trinajstić information content (AvgIpc) is 3.45. The number of pyridine rings is 1. The van der Waals surface area contributed by atoms with E-state index in [1.807, 2.05) is 23.1 Å². The van der Waals surface area contributed by atoms with Crippen molar-refractivity contribution in [2.24, 2.45) is 5.92 Å². The summed E-state index contributed by atoms with van der Waals surface area (Å²) in [5.74, 6) is 0.451. The fourth-order valence-corrected chi connectivity index (χ4v) is 6.40. The number of rotatable bonds is 3. The van der Waals surface area contributed by atoms with E-state index in [9.17, 15) is 9.59 Å². The highest BCUT2D eigenvalue weighted by atomic mass is 32.1. The predicted molar refractivity (Wildman–Crippen MR) is 120 cm³/mol. The monoisotopic (exact) mass is 454 g/mol. The maximum atomic E-state index is 12.8. The Bertz CT molecular complexity index is 1040. The van der Waals surface area contributed by atoms with Gasteiger partial charge in [0.2, 0.25) is 0 Å². The number of carbonyl (C=O) groups is 2. The number of hydrogen-bond acceptors (Lipinski definition) is 7. The highest BCUT2D eigenvalue weighted by Gasteiger charge is 2.55. The summed E-state index contributed by atoms with van der Waals surface area (Å²) in [5, 5.41) is 0.866. The zero-order valence-corrected chi connectivity index (χ0v) is 18.7. The van der Waals surface area contributed by atoms with Crippen molar-refractivity contribution < 1.29 is 19.1 Å². The summed E-state index contributed by atoms with van der Waals surface area (Å²) in [7, 11) is 0. The maximum Gasteiger partial charge on any atom is 0.415 e. The summed E-state index contributed by atoms with van der Waals surface area (Å²) < 4.78 is 11.3. The molecule has 5 aliphatic rings. The molecule has 7 heterocycles. The van der Waals surface area contributed by atoms with Crippen LogP contribution < -0.4 is 4.90 Å². The molecule has 2 aromatic rings. The minimum atomic E-state index is -0.375. The van der Waals surface area contributed by atoms with Crippen molar-refractivity contribution in [1.82, 2.24) is 14.8 Å². The molecule has 168 valence electrons. The van der Waals surface area contributed by atoms with Gasteiger partial charge in [-0.05, 0) is 50.2 Å². The summed E-state index contributed by atoms with van der Waals surface area (Å²) in [4.78, 5) is 37.1. The van der Waals surface area contributed by atoms with Crippen molar-refractivity contribution in [3.63, 3.8) is 0 Å². The van der Waals surface area contributed by atoms with E-state index in [0.717, 1.165) is 48.0 Å². The SMILES string of the molecule is O=C(c1ccnc(-c2ccc(N3C[C@@]4(CN5CCC4CC5)OC3=O)s2)c1)N1CCOCC1. The van der Waals surface area contributed by atoms with Crippen molar-refractivity contribution in [3.05, 3.63) is 36.0 Å². The Morgan fingerprint density at radius 3 is 2.66 bits per heavy atom. The Labute approximate surface area is 190 Å². The van der Waals surface area contributed by atoms with Crippen LogP contribution in [0.25, 0.3) is 10.6 Å². The van der Waals surface area contributed by atoms with E-state index in [0.29, 0.717) is 44.3 Å². The second kappa shape index (κ2) is 7.83. The van der Waals surface area contributed by atoms with E-state index in [-0.39, 0.29) is 17.6 Å². The van der Waals surface area contributed by atoms with Gasteiger partial charge in [0.05, 0.1) is 30.3 Å². The lowest BCUT2D eigenvalue weighted by Gasteiger charge is -2.49. The van der Waals surface area contributed by atoms with Crippen molar-refractivity contribution in [3.8, 4) is 10.6 Å². The van der Waals surface area contributed by atoms with Gasteiger partial charge in [0.25, 0.3) is 5.91 Å². The summed E-state index contributed by atoms with van der Waals surface area (Å²) in [6.07, 6.45) is 3.63. The molecular formula is C23H26N4O4S. The number of carbonyl (C=O) groups excluding carboxylic acids is 2. The standard InChI is InChI=1S/C23H26N4O4S/c28-21(26-9-11-30-12-10-26)16-3-6-24-18(13-16)19-1-2-20(32-19)27-15-23(31-22(27)29)14-25-7-4-17(23)5-8-25/h1-3,6,13,17H,4-5,7-12,14-15H2/t23-/m1/s1. The molecule has 0 radical (unpaired) electrons. The first-order valence-corrected chi connectivity index (χ1v) is 12.1. The average molecular weight is 455 g/mol. The lowest BCUT2D eigenvalue weighted by Crippen LogP contribution is -2.61. The molecule has 5 fully saturated rings. The molecule has 0 N–H and O–H groups in total. The Morgan fingerprint density at radius 2 is 1.91 bits per heavy atom. The Kier molecular flexibility index (Phi) is 4.93. The number of morpholine rings is 1. The highest BCUT2D eigenvalue weighted by Crippen LogP contribution is 2.45. The molecule has 1 spiro atoms. The van der Waals surface area contributed by atoms with Gasteiger partial charge in [0, 0.05) is 37.3 Å². The molecule has 2 aromatic heterocycles. The lowest BCUT2D eigenvalue weighted by molar-refractivity contribution is -0.0881. The minimum absolute atomic E-state index is 0.00106. The van der Waals surface area contributed by atoms with E-state index >= 15 is 0 Å². The van der Waals surface area contributed by atoms with Gasteiger partial charge in [-0.25, -0.2) is 4.79 Å². The van der Waals surface area contributed by atoms with Crippen molar-refractivity contribution in [2.75, 3.05) is 57.4 Å². The van der Waals surface area contributed by atoms with Crippen LogP contribution >= 0.6 is 11.3 Å². The summed E-state index contributed by atoms with van der Waals surface area (Å²) in [5.41, 5.74) is 0.990. The second-order valence-corrected chi connectivity index (χ2v) is 10.1. The zero-order chi connectivity index (χ0) is 21.7. The van der Waals surface area contributed by atoms with Crippen LogP contribution in [0.2, 0.25) is 0 Å². The molecule has 9 heteroatoms. The van der Waals surface area contributed by atoms with Crippen LogP contribution in [-0.2, 0) is 9.47 Å². The van der Waals surface area contributed by atoms with Gasteiger partial charge in [-0.3, -0.25) is 19.6 Å². The molecule has 2 bridgehead atoms. The topological polar surface area (TPSA) is 75.2 Å². The zero-order valence-electron chi connectivity index (χ0n) is 17.9. The van der Waals surface area contributed by atoms with Gasteiger partial charge >= 0.3 is 6.09 Å². The predicted octanol–water partition coefficient (Wildman–Crippen LogP) is 2.70. The third kappa shape index (κ3) is 3.39. The molecule has 5 saturated heterocycles. The fourth-order valence-electron chi connectivity index (χ4n) is 5.44. The number of fused-ring (bicyclic) bond motifs is 2. The van der Waals surface area contributed by atoms with Crippen LogP contribution in [0.3, 0.4) is 0 Å². The van der Waals surface area contributed by atoms with E-state index in [1.165, 1.54) is 11.3 Å². The molecule has 0 saturated carbocycles. The van der Waals surface area contributed by atoms with Crippen molar-refractivity contribution in [1.29, 1.82) is 0 Å². The minimum Gasteiger partial charge on any atom is -0.439 e. The summed E-state index contributed by atoms with van der Waals surface area (Å²) in [6.45, 7) is 6.03.